The van der Waals surface area contributed by atoms with E-state index in [1.54, 1.807) is 6.26 Å². The first-order chi connectivity index (χ1) is 7.34. The van der Waals surface area contributed by atoms with Crippen molar-refractivity contribution in [2.75, 3.05) is 5.75 Å². The van der Waals surface area contributed by atoms with E-state index in [9.17, 15) is 0 Å². The molecule has 0 bridgehead atoms. The van der Waals surface area contributed by atoms with Gasteiger partial charge in [0.1, 0.15) is 5.76 Å². The van der Waals surface area contributed by atoms with Crippen molar-refractivity contribution in [2.45, 2.75) is 38.4 Å². The molecule has 0 unspecified atom stereocenters. The van der Waals surface area contributed by atoms with E-state index in [4.69, 9.17) is 10.8 Å². The minimum atomic E-state index is 0.919. The quantitative estimate of drug-likeness (QED) is 0.510. The molecule has 0 aliphatic carbocycles. The van der Waals surface area contributed by atoms with Crippen LogP contribution in [0.5, 0.6) is 0 Å². The standard InChI is InChI=1S/C13H18OS/c1-3-4-5-6-7-10-15-11-13-12(2)8-9-14-13/h1,8-9H,4-7,10-11H2,2H3. The first kappa shape index (κ1) is 12.3. The highest BCUT2D eigenvalue weighted by molar-refractivity contribution is 7.98. The lowest BCUT2D eigenvalue weighted by Crippen LogP contribution is -1.84. The van der Waals surface area contributed by atoms with Gasteiger partial charge >= 0.3 is 0 Å². The van der Waals surface area contributed by atoms with Crippen molar-refractivity contribution in [3.8, 4) is 12.3 Å². The third-order valence-corrected chi connectivity index (χ3v) is 3.35. The van der Waals surface area contributed by atoms with Gasteiger partial charge in [-0.05, 0) is 37.1 Å². The molecule has 1 aromatic rings. The van der Waals surface area contributed by atoms with Crippen LogP contribution in [0.25, 0.3) is 0 Å². The predicted molar refractivity (Wildman–Crippen MR) is 66.9 cm³/mol. The molecule has 1 heterocycles. The van der Waals surface area contributed by atoms with E-state index in [2.05, 4.69) is 12.8 Å². The summed E-state index contributed by atoms with van der Waals surface area (Å²) in [6.07, 6.45) is 11.5. The van der Waals surface area contributed by atoms with Crippen molar-refractivity contribution in [1.82, 2.24) is 0 Å². The predicted octanol–water partition coefficient (Wildman–Crippen LogP) is 4.01. The van der Waals surface area contributed by atoms with Crippen LogP contribution < -0.4 is 0 Å². The fourth-order valence-corrected chi connectivity index (χ4v) is 2.36. The third-order valence-electron chi connectivity index (χ3n) is 2.31. The van der Waals surface area contributed by atoms with Crippen LogP contribution in [0, 0.1) is 19.3 Å². The molecule has 82 valence electrons. The molecule has 0 spiro atoms. The molecule has 1 nitrogen and oxygen atoms in total. The third kappa shape index (κ3) is 4.99. The van der Waals surface area contributed by atoms with Gasteiger partial charge < -0.3 is 4.42 Å². The molecular weight excluding hydrogens is 204 g/mol. The molecule has 0 radical (unpaired) electrons. The van der Waals surface area contributed by atoms with E-state index in [0.29, 0.717) is 0 Å². The molecule has 0 saturated heterocycles. The maximum Gasteiger partial charge on any atom is 0.116 e. The monoisotopic (exact) mass is 222 g/mol. The second-order valence-corrected chi connectivity index (χ2v) is 4.70. The van der Waals surface area contributed by atoms with Crippen LogP contribution in [-0.2, 0) is 5.75 Å². The molecule has 1 aromatic heterocycles. The summed E-state index contributed by atoms with van der Waals surface area (Å²) in [5.41, 5.74) is 1.26. The summed E-state index contributed by atoms with van der Waals surface area (Å²) < 4.78 is 5.36. The van der Waals surface area contributed by atoms with Gasteiger partial charge in [0.25, 0.3) is 0 Å². The van der Waals surface area contributed by atoms with Gasteiger partial charge in [-0.2, -0.15) is 11.8 Å². The highest BCUT2D eigenvalue weighted by Crippen LogP contribution is 2.18. The maximum absolute atomic E-state index is 5.36. The SMILES string of the molecule is C#CCCCCCSCc1occc1C. The normalized spacial score (nSPS) is 10.1. The Morgan fingerprint density at radius 3 is 2.93 bits per heavy atom. The first-order valence-corrected chi connectivity index (χ1v) is 6.54. The Bertz CT molecular complexity index is 309. The number of terminal acetylenes is 1. The Hall–Kier alpha value is -0.810. The summed E-state index contributed by atoms with van der Waals surface area (Å²) >= 11 is 1.94. The van der Waals surface area contributed by atoms with Crippen LogP contribution in [0.4, 0.5) is 0 Å². The second-order valence-electron chi connectivity index (χ2n) is 3.59. The summed E-state index contributed by atoms with van der Waals surface area (Å²) in [4.78, 5) is 0. The molecule has 0 saturated carbocycles. The molecule has 0 aromatic carbocycles. The van der Waals surface area contributed by atoms with Crippen LogP contribution in [-0.4, -0.2) is 5.75 Å². The molecule has 0 amide bonds. The molecule has 0 N–H and O–H groups in total. The largest absolute Gasteiger partial charge is 0.468 e. The van der Waals surface area contributed by atoms with E-state index in [-0.39, 0.29) is 0 Å². The minimum absolute atomic E-state index is 0.919. The molecule has 0 atom stereocenters. The topological polar surface area (TPSA) is 13.1 Å². The van der Waals surface area contributed by atoms with Gasteiger partial charge in [0, 0.05) is 6.42 Å². The number of aryl methyl sites for hydroxylation is 1. The van der Waals surface area contributed by atoms with Gasteiger partial charge in [-0.1, -0.05) is 6.42 Å². The summed E-state index contributed by atoms with van der Waals surface area (Å²) in [6, 6.07) is 2.02. The molecule has 0 aliphatic rings. The Morgan fingerprint density at radius 2 is 2.27 bits per heavy atom. The molecule has 2 heteroatoms. The lowest BCUT2D eigenvalue weighted by molar-refractivity contribution is 0.528. The van der Waals surface area contributed by atoms with Crippen molar-refractivity contribution in [3.63, 3.8) is 0 Å². The molecule has 0 fully saturated rings. The number of rotatable bonds is 7. The van der Waals surface area contributed by atoms with Crippen LogP contribution in [0.1, 0.15) is 37.0 Å². The van der Waals surface area contributed by atoms with Crippen molar-refractivity contribution in [3.05, 3.63) is 23.7 Å². The highest BCUT2D eigenvalue weighted by atomic mass is 32.2. The number of thioether (sulfide) groups is 1. The van der Waals surface area contributed by atoms with Crippen LogP contribution in [0.2, 0.25) is 0 Å². The zero-order chi connectivity index (χ0) is 10.9. The van der Waals surface area contributed by atoms with Gasteiger partial charge in [0.2, 0.25) is 0 Å². The van der Waals surface area contributed by atoms with Crippen molar-refractivity contribution >= 4 is 11.8 Å². The van der Waals surface area contributed by atoms with Gasteiger partial charge in [-0.15, -0.1) is 12.3 Å². The zero-order valence-corrected chi connectivity index (χ0v) is 10.1. The van der Waals surface area contributed by atoms with Gasteiger partial charge in [0.15, 0.2) is 0 Å². The minimum Gasteiger partial charge on any atom is -0.468 e. The summed E-state index contributed by atoms with van der Waals surface area (Å²) in [7, 11) is 0. The average molecular weight is 222 g/mol. The molecular formula is C13H18OS. The van der Waals surface area contributed by atoms with Crippen LogP contribution >= 0.6 is 11.8 Å². The van der Waals surface area contributed by atoms with Gasteiger partial charge in [-0.25, -0.2) is 0 Å². The fraction of sp³-hybridized carbons (Fsp3) is 0.538. The van der Waals surface area contributed by atoms with Gasteiger partial charge in [0.05, 0.1) is 12.0 Å². The number of furan rings is 1. The summed E-state index contributed by atoms with van der Waals surface area (Å²) in [5.74, 6) is 5.97. The Kier molecular flexibility index (Phi) is 6.11. The number of hydrogen-bond donors (Lipinski definition) is 0. The number of unbranched alkanes of at least 4 members (excludes halogenated alkanes) is 3. The molecule has 1 rings (SSSR count). The lowest BCUT2D eigenvalue weighted by Gasteiger charge is -2.00. The zero-order valence-electron chi connectivity index (χ0n) is 9.29. The second kappa shape index (κ2) is 7.48. The van der Waals surface area contributed by atoms with E-state index in [1.807, 2.05) is 17.8 Å². The highest BCUT2D eigenvalue weighted by Gasteiger charge is 2.00. The Labute approximate surface area is 96.6 Å². The van der Waals surface area contributed by atoms with E-state index in [1.165, 1.54) is 24.2 Å². The van der Waals surface area contributed by atoms with Gasteiger partial charge in [-0.3, -0.25) is 0 Å². The van der Waals surface area contributed by atoms with E-state index in [0.717, 1.165) is 24.4 Å². The number of hydrogen-bond acceptors (Lipinski definition) is 2. The van der Waals surface area contributed by atoms with E-state index < -0.39 is 0 Å². The van der Waals surface area contributed by atoms with Crippen molar-refractivity contribution < 1.29 is 4.42 Å². The Balaban J connectivity index is 1.98. The lowest BCUT2D eigenvalue weighted by atomic mass is 10.2. The first-order valence-electron chi connectivity index (χ1n) is 5.38. The fourth-order valence-electron chi connectivity index (χ4n) is 1.32. The van der Waals surface area contributed by atoms with E-state index >= 15 is 0 Å². The smallest absolute Gasteiger partial charge is 0.116 e. The Morgan fingerprint density at radius 1 is 1.40 bits per heavy atom. The molecule has 0 aliphatic heterocycles. The van der Waals surface area contributed by atoms with Crippen LogP contribution in [0.15, 0.2) is 16.7 Å². The van der Waals surface area contributed by atoms with Crippen LogP contribution in [0.3, 0.4) is 0 Å². The summed E-state index contributed by atoms with van der Waals surface area (Å²) in [5, 5.41) is 0. The van der Waals surface area contributed by atoms with Crippen molar-refractivity contribution in [1.29, 1.82) is 0 Å². The van der Waals surface area contributed by atoms with Crippen molar-refractivity contribution in [2.24, 2.45) is 0 Å². The average Bonchev–Trinajstić information content (AvgIpc) is 2.63. The summed E-state index contributed by atoms with van der Waals surface area (Å²) in [6.45, 7) is 2.09. The molecule has 15 heavy (non-hydrogen) atoms. The maximum atomic E-state index is 5.36.